The van der Waals surface area contributed by atoms with Gasteiger partial charge in [0.2, 0.25) is 0 Å². The number of hydrogen-bond donors (Lipinski definition) is 2. The maximum Gasteiger partial charge on any atom is 0.251 e. The molecule has 1 aromatic heterocycles. The average molecular weight is 416 g/mol. The number of carbonyl (C=O) groups is 1. The molecule has 1 aliphatic carbocycles. The van der Waals surface area contributed by atoms with Crippen molar-refractivity contribution in [2.24, 2.45) is 0 Å². The Balaban J connectivity index is 1.83. The number of aromatic nitrogens is 4. The zero-order valence-electron chi connectivity index (χ0n) is 15.6. The summed E-state index contributed by atoms with van der Waals surface area (Å²) in [6, 6.07) is 8.87. The quantitative estimate of drug-likeness (QED) is 0.645. The SMILES string of the molecule is CC(CO)NC(=O)c1cc(-c2ccc(F)cc2Cl)cc(-n2nnnc2C2CC2)c1. The second-order valence-corrected chi connectivity index (χ2v) is 7.58. The van der Waals surface area contributed by atoms with Gasteiger partial charge in [-0.1, -0.05) is 11.6 Å². The van der Waals surface area contributed by atoms with Gasteiger partial charge < -0.3 is 10.4 Å². The minimum absolute atomic E-state index is 0.180. The van der Waals surface area contributed by atoms with Gasteiger partial charge in [0.05, 0.1) is 17.3 Å². The number of hydrogen-bond acceptors (Lipinski definition) is 5. The Bertz CT molecular complexity index is 1070. The Hall–Kier alpha value is -2.84. The first-order chi connectivity index (χ1) is 14.0. The average Bonchev–Trinajstić information content (AvgIpc) is 3.43. The summed E-state index contributed by atoms with van der Waals surface area (Å²) in [6.07, 6.45) is 2.04. The summed E-state index contributed by atoms with van der Waals surface area (Å²) in [4.78, 5) is 12.7. The van der Waals surface area contributed by atoms with Crippen LogP contribution in [0.2, 0.25) is 5.02 Å². The summed E-state index contributed by atoms with van der Waals surface area (Å²) in [7, 11) is 0. The minimum atomic E-state index is -0.443. The molecule has 0 radical (unpaired) electrons. The van der Waals surface area contributed by atoms with Crippen LogP contribution in [-0.2, 0) is 0 Å². The van der Waals surface area contributed by atoms with Gasteiger partial charge >= 0.3 is 0 Å². The monoisotopic (exact) mass is 415 g/mol. The van der Waals surface area contributed by atoms with Gasteiger partial charge in [-0.15, -0.1) is 5.10 Å². The van der Waals surface area contributed by atoms with E-state index >= 15 is 0 Å². The van der Waals surface area contributed by atoms with Gasteiger partial charge in [-0.3, -0.25) is 4.79 Å². The third-order valence-corrected chi connectivity index (χ3v) is 5.07. The van der Waals surface area contributed by atoms with Crippen LogP contribution in [0.3, 0.4) is 0 Å². The number of halogens is 2. The van der Waals surface area contributed by atoms with E-state index in [0.29, 0.717) is 28.3 Å². The molecule has 1 amide bonds. The normalized spacial score (nSPS) is 14.6. The van der Waals surface area contributed by atoms with Gasteiger partial charge in [0.1, 0.15) is 5.82 Å². The number of tetrazole rings is 1. The van der Waals surface area contributed by atoms with Crippen molar-refractivity contribution in [1.29, 1.82) is 0 Å². The number of aliphatic hydroxyl groups is 1. The molecule has 7 nitrogen and oxygen atoms in total. The number of carbonyl (C=O) groups excluding carboxylic acids is 1. The van der Waals surface area contributed by atoms with E-state index in [1.807, 2.05) is 6.07 Å². The first kappa shape index (κ1) is 19.5. The van der Waals surface area contributed by atoms with E-state index in [1.165, 1.54) is 12.1 Å². The molecule has 1 heterocycles. The van der Waals surface area contributed by atoms with Crippen molar-refractivity contribution >= 4 is 17.5 Å². The second kappa shape index (κ2) is 7.88. The Kier molecular flexibility index (Phi) is 5.29. The fraction of sp³-hybridized carbons (Fsp3) is 0.300. The predicted molar refractivity (Wildman–Crippen MR) is 106 cm³/mol. The van der Waals surface area contributed by atoms with Gasteiger partial charge in [0.25, 0.3) is 5.91 Å². The molecule has 2 aromatic carbocycles. The molecule has 1 atom stereocenters. The molecule has 9 heteroatoms. The Morgan fingerprint density at radius 3 is 2.83 bits per heavy atom. The van der Waals surface area contributed by atoms with E-state index in [4.69, 9.17) is 11.6 Å². The van der Waals surface area contributed by atoms with Crippen molar-refractivity contribution in [2.75, 3.05) is 6.61 Å². The van der Waals surface area contributed by atoms with Crippen molar-refractivity contribution in [3.8, 4) is 16.8 Å². The lowest BCUT2D eigenvalue weighted by Gasteiger charge is -2.14. The van der Waals surface area contributed by atoms with Gasteiger partial charge in [-0.25, -0.2) is 4.39 Å². The molecule has 4 rings (SSSR count). The van der Waals surface area contributed by atoms with Crippen molar-refractivity contribution in [3.05, 3.63) is 58.6 Å². The van der Waals surface area contributed by atoms with Crippen LogP contribution in [-0.4, -0.2) is 43.9 Å². The van der Waals surface area contributed by atoms with E-state index in [9.17, 15) is 14.3 Å². The highest BCUT2D eigenvalue weighted by molar-refractivity contribution is 6.33. The molecule has 2 N–H and O–H groups in total. The van der Waals surface area contributed by atoms with Crippen LogP contribution in [0.15, 0.2) is 36.4 Å². The molecule has 1 aliphatic rings. The van der Waals surface area contributed by atoms with Gasteiger partial charge in [-0.05, 0) is 72.2 Å². The lowest BCUT2D eigenvalue weighted by Crippen LogP contribution is -2.35. The molecule has 0 bridgehead atoms. The minimum Gasteiger partial charge on any atom is -0.394 e. The first-order valence-electron chi connectivity index (χ1n) is 9.27. The van der Waals surface area contributed by atoms with E-state index < -0.39 is 11.9 Å². The van der Waals surface area contributed by atoms with Crippen molar-refractivity contribution < 1.29 is 14.3 Å². The molecule has 29 heavy (non-hydrogen) atoms. The molecule has 0 saturated heterocycles. The maximum absolute atomic E-state index is 13.5. The van der Waals surface area contributed by atoms with Crippen LogP contribution in [0.1, 0.15) is 41.9 Å². The van der Waals surface area contributed by atoms with Crippen LogP contribution in [0.25, 0.3) is 16.8 Å². The fourth-order valence-corrected chi connectivity index (χ4v) is 3.35. The van der Waals surface area contributed by atoms with Crippen LogP contribution in [0.4, 0.5) is 4.39 Å². The Labute approximate surface area is 171 Å². The summed E-state index contributed by atoms with van der Waals surface area (Å²) in [5, 5.41) is 24.2. The molecular weight excluding hydrogens is 397 g/mol. The number of rotatable bonds is 6. The van der Waals surface area contributed by atoms with Crippen molar-refractivity contribution in [2.45, 2.75) is 31.7 Å². The molecule has 1 fully saturated rings. The molecule has 1 saturated carbocycles. The third-order valence-electron chi connectivity index (χ3n) is 4.75. The van der Waals surface area contributed by atoms with Crippen LogP contribution < -0.4 is 5.32 Å². The van der Waals surface area contributed by atoms with Gasteiger partial charge in [0, 0.05) is 23.1 Å². The molecule has 3 aromatic rings. The summed E-state index contributed by atoms with van der Waals surface area (Å²) in [6.45, 7) is 1.52. The van der Waals surface area contributed by atoms with Crippen molar-refractivity contribution in [1.82, 2.24) is 25.5 Å². The topological polar surface area (TPSA) is 92.9 Å². The number of nitrogens with one attached hydrogen (secondary N) is 1. The smallest absolute Gasteiger partial charge is 0.251 e. The van der Waals surface area contributed by atoms with E-state index in [1.54, 1.807) is 29.8 Å². The van der Waals surface area contributed by atoms with Crippen LogP contribution in [0, 0.1) is 5.82 Å². The van der Waals surface area contributed by atoms with Crippen LogP contribution in [0.5, 0.6) is 0 Å². The molecule has 0 spiro atoms. The summed E-state index contributed by atoms with van der Waals surface area (Å²) >= 11 is 6.25. The first-order valence-corrected chi connectivity index (χ1v) is 9.65. The van der Waals surface area contributed by atoms with Crippen LogP contribution >= 0.6 is 11.6 Å². The lowest BCUT2D eigenvalue weighted by atomic mass is 10.0. The Morgan fingerprint density at radius 1 is 1.34 bits per heavy atom. The molecule has 150 valence electrons. The fourth-order valence-electron chi connectivity index (χ4n) is 3.07. The van der Waals surface area contributed by atoms with E-state index in [-0.39, 0.29) is 17.5 Å². The predicted octanol–water partition coefficient (Wildman–Crippen LogP) is 3.11. The summed E-state index contributed by atoms with van der Waals surface area (Å²) in [5.41, 5.74) is 2.18. The van der Waals surface area contributed by atoms with E-state index in [0.717, 1.165) is 18.7 Å². The Morgan fingerprint density at radius 2 is 2.14 bits per heavy atom. The largest absolute Gasteiger partial charge is 0.394 e. The van der Waals surface area contributed by atoms with Gasteiger partial charge in [0.15, 0.2) is 5.82 Å². The highest BCUT2D eigenvalue weighted by atomic mass is 35.5. The second-order valence-electron chi connectivity index (χ2n) is 7.17. The number of nitrogens with zero attached hydrogens (tertiary/aromatic N) is 4. The number of benzene rings is 2. The summed E-state index contributed by atoms with van der Waals surface area (Å²) in [5.74, 6) is 0.243. The highest BCUT2D eigenvalue weighted by Gasteiger charge is 2.30. The maximum atomic E-state index is 13.5. The zero-order valence-corrected chi connectivity index (χ0v) is 16.4. The lowest BCUT2D eigenvalue weighted by molar-refractivity contribution is 0.0922. The number of amides is 1. The van der Waals surface area contributed by atoms with Crippen molar-refractivity contribution in [3.63, 3.8) is 0 Å². The van der Waals surface area contributed by atoms with Gasteiger partial charge in [-0.2, -0.15) is 4.68 Å². The third kappa shape index (κ3) is 4.13. The molecular formula is C20H19ClFN5O2. The molecule has 0 aliphatic heterocycles. The van der Waals surface area contributed by atoms with E-state index in [2.05, 4.69) is 20.8 Å². The zero-order chi connectivity index (χ0) is 20.5. The summed E-state index contributed by atoms with van der Waals surface area (Å²) < 4.78 is 15.1. The molecule has 1 unspecified atom stereocenters. The number of aliphatic hydroxyl groups excluding tert-OH is 1. The standard InChI is InChI=1S/C20H19ClFN5O2/c1-11(10-28)23-20(29)14-6-13(17-5-4-15(22)9-18(17)21)7-16(8-14)27-19(12-2-3-12)24-25-26-27/h4-9,11-12,28H,2-3,10H2,1H3,(H,23,29). The highest BCUT2D eigenvalue weighted by Crippen LogP contribution is 2.39.